The number of nitrogen functional groups attached to an aromatic ring is 1. The number of benzene rings is 1. The minimum Gasteiger partial charge on any atom is -0.383 e. The number of nitrogens with one attached hydrogen (secondary N) is 1. The van der Waals surface area contributed by atoms with E-state index in [2.05, 4.69) is 15.3 Å². The number of pyridine rings is 1. The van der Waals surface area contributed by atoms with Gasteiger partial charge in [0.25, 0.3) is 0 Å². The van der Waals surface area contributed by atoms with Crippen molar-refractivity contribution in [2.45, 2.75) is 20.8 Å². The molecule has 0 amide bonds. The Labute approximate surface area is 146 Å². The van der Waals surface area contributed by atoms with Crippen LogP contribution in [0.1, 0.15) is 25.1 Å². The van der Waals surface area contributed by atoms with Crippen LogP contribution in [0.5, 0.6) is 0 Å². The van der Waals surface area contributed by atoms with Gasteiger partial charge in [-0.2, -0.15) is 0 Å². The number of aromatic nitrogens is 1. The lowest BCUT2D eigenvalue weighted by atomic mass is 10.0. The highest BCUT2D eigenvalue weighted by Gasteiger charge is 2.14. The van der Waals surface area contributed by atoms with Crippen LogP contribution in [0.3, 0.4) is 0 Å². The average Bonchev–Trinajstić information content (AvgIpc) is 2.51. The largest absolute Gasteiger partial charge is 0.383 e. The molecule has 0 atom stereocenters. The van der Waals surface area contributed by atoms with E-state index in [0.717, 1.165) is 29.1 Å². The van der Waals surface area contributed by atoms with Crippen LogP contribution >= 0.6 is 23.2 Å². The van der Waals surface area contributed by atoms with E-state index < -0.39 is 0 Å². The maximum atomic E-state index is 6.32. The Bertz CT molecular complexity index is 742. The predicted molar refractivity (Wildman–Crippen MR) is 99.6 cm³/mol. The number of hydrogen-bond donors (Lipinski definition) is 2. The Morgan fingerprint density at radius 1 is 1.22 bits per heavy atom. The number of amidine groups is 1. The van der Waals surface area contributed by atoms with Crippen molar-refractivity contribution in [2.75, 3.05) is 18.8 Å². The number of nitrogens with zero attached hydrogens (tertiary/aromatic N) is 2. The van der Waals surface area contributed by atoms with Crippen molar-refractivity contribution >= 4 is 34.9 Å². The number of aryl methyl sites for hydroxylation is 1. The fourth-order valence-electron chi connectivity index (χ4n) is 2.31. The maximum absolute atomic E-state index is 6.32. The smallest absolute Gasteiger partial charge is 0.147 e. The van der Waals surface area contributed by atoms with Crippen molar-refractivity contribution in [3.05, 3.63) is 45.6 Å². The van der Waals surface area contributed by atoms with E-state index in [9.17, 15) is 0 Å². The van der Waals surface area contributed by atoms with Gasteiger partial charge in [-0.15, -0.1) is 0 Å². The van der Waals surface area contributed by atoms with Crippen LogP contribution in [0, 0.1) is 6.92 Å². The van der Waals surface area contributed by atoms with Crippen molar-refractivity contribution in [1.29, 1.82) is 0 Å². The van der Waals surface area contributed by atoms with Crippen LogP contribution in [-0.4, -0.2) is 23.9 Å². The van der Waals surface area contributed by atoms with Gasteiger partial charge < -0.3 is 11.1 Å². The fourth-order valence-corrected chi connectivity index (χ4v) is 2.79. The van der Waals surface area contributed by atoms with Crippen LogP contribution < -0.4 is 11.1 Å². The first-order valence-corrected chi connectivity index (χ1v) is 8.24. The number of hydrogen-bond acceptors (Lipinski definition) is 3. The molecule has 0 aliphatic rings. The Kier molecular flexibility index (Phi) is 5.85. The molecule has 0 fully saturated rings. The summed E-state index contributed by atoms with van der Waals surface area (Å²) in [5, 5.41) is 4.19. The fraction of sp³-hybridized carbons (Fsp3) is 0.294. The minimum atomic E-state index is 0.396. The Morgan fingerprint density at radius 2 is 1.96 bits per heavy atom. The minimum absolute atomic E-state index is 0.396. The third kappa shape index (κ3) is 3.95. The molecule has 0 radical (unpaired) electrons. The number of anilines is 1. The second-order valence-corrected chi connectivity index (χ2v) is 5.88. The van der Waals surface area contributed by atoms with Gasteiger partial charge in [-0.1, -0.05) is 23.2 Å². The summed E-state index contributed by atoms with van der Waals surface area (Å²) in [4.78, 5) is 8.88. The van der Waals surface area contributed by atoms with E-state index in [1.165, 1.54) is 0 Å². The normalized spacial score (nSPS) is 11.6. The summed E-state index contributed by atoms with van der Waals surface area (Å²) >= 11 is 12.5. The first-order chi connectivity index (χ1) is 11.0. The number of aliphatic imine (C=N–C) groups is 1. The maximum Gasteiger partial charge on any atom is 0.147 e. The molecule has 23 heavy (non-hydrogen) atoms. The standard InChI is InChI=1S/C17H20Cl2N4/c1-4-21-17(22-5-2)14-7-6-11(16(20)23-14)12-8-10(3)9-13(18)15(12)19/h6-9H,4-5H2,1-3H3,(H2,20,23)(H,21,22). The molecule has 2 rings (SSSR count). The quantitative estimate of drug-likeness (QED) is 0.637. The van der Waals surface area contributed by atoms with E-state index in [1.54, 1.807) is 0 Å². The van der Waals surface area contributed by atoms with Gasteiger partial charge in [-0.05, 0) is 50.6 Å². The molecule has 1 aromatic carbocycles. The Balaban J connectivity index is 2.50. The number of rotatable bonds is 4. The number of nitrogens with two attached hydrogens (primary N) is 1. The van der Waals surface area contributed by atoms with Crippen molar-refractivity contribution in [3.8, 4) is 11.1 Å². The monoisotopic (exact) mass is 350 g/mol. The Hall–Kier alpha value is -1.78. The highest BCUT2D eigenvalue weighted by atomic mass is 35.5. The Morgan fingerprint density at radius 3 is 2.57 bits per heavy atom. The zero-order valence-electron chi connectivity index (χ0n) is 13.5. The van der Waals surface area contributed by atoms with Crippen LogP contribution in [0.15, 0.2) is 29.3 Å². The van der Waals surface area contributed by atoms with Crippen molar-refractivity contribution < 1.29 is 0 Å². The van der Waals surface area contributed by atoms with Gasteiger partial charge in [0, 0.05) is 24.2 Å². The molecule has 4 nitrogen and oxygen atoms in total. The van der Waals surface area contributed by atoms with Crippen LogP contribution in [0.2, 0.25) is 10.0 Å². The molecule has 3 N–H and O–H groups in total. The highest BCUT2D eigenvalue weighted by molar-refractivity contribution is 6.43. The van der Waals surface area contributed by atoms with E-state index in [1.807, 2.05) is 45.0 Å². The second-order valence-electron chi connectivity index (χ2n) is 5.09. The van der Waals surface area contributed by atoms with Crippen molar-refractivity contribution in [3.63, 3.8) is 0 Å². The molecule has 6 heteroatoms. The van der Waals surface area contributed by atoms with Crippen LogP contribution in [-0.2, 0) is 0 Å². The van der Waals surface area contributed by atoms with Gasteiger partial charge in [0.05, 0.1) is 10.0 Å². The summed E-state index contributed by atoms with van der Waals surface area (Å²) in [5.41, 5.74) is 9.43. The molecule has 0 saturated carbocycles. The topological polar surface area (TPSA) is 63.3 Å². The highest BCUT2D eigenvalue weighted by Crippen LogP contribution is 2.36. The first-order valence-electron chi connectivity index (χ1n) is 7.49. The van der Waals surface area contributed by atoms with E-state index in [4.69, 9.17) is 28.9 Å². The first kappa shape index (κ1) is 17.6. The van der Waals surface area contributed by atoms with Crippen LogP contribution in [0.4, 0.5) is 5.82 Å². The molecule has 0 bridgehead atoms. The summed E-state index contributed by atoms with van der Waals surface area (Å²) in [5.74, 6) is 1.13. The third-order valence-corrected chi connectivity index (χ3v) is 4.09. The van der Waals surface area contributed by atoms with E-state index in [-0.39, 0.29) is 0 Å². The van der Waals surface area contributed by atoms with Gasteiger partial charge in [0.2, 0.25) is 0 Å². The molecule has 0 saturated heterocycles. The second kappa shape index (κ2) is 7.66. The lowest BCUT2D eigenvalue weighted by molar-refractivity contribution is 0.941. The molecule has 0 aliphatic carbocycles. The lowest BCUT2D eigenvalue weighted by Gasteiger charge is -2.13. The number of halogens is 2. The molecular formula is C17H20Cl2N4. The summed E-state index contributed by atoms with van der Waals surface area (Å²) in [6.45, 7) is 7.38. The zero-order chi connectivity index (χ0) is 17.0. The SMILES string of the molecule is CCN=C(NCC)c1ccc(-c2cc(C)cc(Cl)c2Cl)c(N)n1. The summed E-state index contributed by atoms with van der Waals surface area (Å²) < 4.78 is 0. The molecule has 0 aliphatic heterocycles. The van der Waals surface area contributed by atoms with E-state index >= 15 is 0 Å². The summed E-state index contributed by atoms with van der Waals surface area (Å²) in [6, 6.07) is 7.56. The van der Waals surface area contributed by atoms with Crippen molar-refractivity contribution in [2.24, 2.45) is 4.99 Å². The van der Waals surface area contributed by atoms with E-state index in [0.29, 0.717) is 28.1 Å². The third-order valence-electron chi connectivity index (χ3n) is 3.29. The van der Waals surface area contributed by atoms with Crippen LogP contribution in [0.25, 0.3) is 11.1 Å². The van der Waals surface area contributed by atoms with Crippen molar-refractivity contribution in [1.82, 2.24) is 10.3 Å². The lowest BCUT2D eigenvalue weighted by Crippen LogP contribution is -2.25. The van der Waals surface area contributed by atoms with Gasteiger partial charge in [-0.25, -0.2) is 4.98 Å². The van der Waals surface area contributed by atoms with Gasteiger partial charge >= 0.3 is 0 Å². The van der Waals surface area contributed by atoms with Gasteiger partial charge in [0.15, 0.2) is 0 Å². The molecule has 0 unspecified atom stereocenters. The summed E-state index contributed by atoms with van der Waals surface area (Å²) in [7, 11) is 0. The molecular weight excluding hydrogens is 331 g/mol. The average molecular weight is 351 g/mol. The summed E-state index contributed by atoms with van der Waals surface area (Å²) in [6.07, 6.45) is 0. The molecule has 1 heterocycles. The van der Waals surface area contributed by atoms with Gasteiger partial charge in [0.1, 0.15) is 17.3 Å². The molecule has 2 aromatic rings. The zero-order valence-corrected chi connectivity index (χ0v) is 15.0. The predicted octanol–water partition coefficient (Wildman–Crippen LogP) is 4.32. The molecule has 1 aromatic heterocycles. The molecule has 0 spiro atoms. The molecule has 122 valence electrons. The van der Waals surface area contributed by atoms with Gasteiger partial charge in [-0.3, -0.25) is 4.99 Å².